The van der Waals surface area contributed by atoms with E-state index in [1.807, 2.05) is 60.7 Å². The van der Waals surface area contributed by atoms with E-state index in [1.165, 1.54) is 19.1 Å². The average Bonchev–Trinajstić information content (AvgIpc) is 3.06. The van der Waals surface area contributed by atoms with Crippen LogP contribution in [0.3, 0.4) is 0 Å². The highest BCUT2D eigenvalue weighted by Gasteiger charge is 2.15. The van der Waals surface area contributed by atoms with Crippen LogP contribution in [0.1, 0.15) is 20.7 Å². The van der Waals surface area contributed by atoms with Crippen molar-refractivity contribution in [1.82, 2.24) is 9.80 Å². The molecule has 4 rings (SSSR count). The topological polar surface area (TPSA) is 94.6 Å². The lowest BCUT2D eigenvalue weighted by atomic mass is 10.2. The van der Waals surface area contributed by atoms with E-state index in [4.69, 9.17) is 31.2 Å². The molecule has 0 aliphatic carbocycles. The lowest BCUT2D eigenvalue weighted by Crippen LogP contribution is -2.25. The third kappa shape index (κ3) is 12.0. The van der Waals surface area contributed by atoms with Gasteiger partial charge in [0.15, 0.2) is 24.1 Å². The van der Waals surface area contributed by atoms with Crippen LogP contribution in [0.5, 0.6) is 28.7 Å². The second-order valence-corrected chi connectivity index (χ2v) is 10.6. The first kappa shape index (κ1) is 36.3. The van der Waals surface area contributed by atoms with Crippen molar-refractivity contribution in [3.05, 3.63) is 108 Å². The maximum Gasteiger partial charge on any atom is 0.286 e. The summed E-state index contributed by atoms with van der Waals surface area (Å²) in [7, 11) is 9.86. The number of aldehydes is 2. The van der Waals surface area contributed by atoms with Crippen LogP contribution in [0, 0.1) is 0 Å². The Bertz CT molecular complexity index is 1420. The van der Waals surface area contributed by atoms with E-state index in [0.717, 1.165) is 23.3 Å². The second kappa shape index (κ2) is 19.4. The second-order valence-electron chi connectivity index (χ2n) is 9.25. The van der Waals surface area contributed by atoms with Crippen LogP contribution >= 0.6 is 24.0 Å². The van der Waals surface area contributed by atoms with Crippen molar-refractivity contribution < 1.29 is 33.3 Å². The van der Waals surface area contributed by atoms with Crippen LogP contribution in [-0.4, -0.2) is 75.2 Å². The number of nitrogens with zero attached hydrogens (tertiary/aromatic N) is 2. The van der Waals surface area contributed by atoms with Crippen LogP contribution in [0.15, 0.2) is 102 Å². The molecule has 45 heavy (non-hydrogen) atoms. The van der Waals surface area contributed by atoms with Gasteiger partial charge < -0.3 is 28.7 Å². The molecule has 0 unspecified atom stereocenters. The molecular formula is C34H36N2O7S2. The number of para-hydroxylation sites is 3. The predicted molar refractivity (Wildman–Crippen MR) is 182 cm³/mol. The fourth-order valence-electron chi connectivity index (χ4n) is 3.26. The summed E-state index contributed by atoms with van der Waals surface area (Å²) in [4.78, 5) is 36.9. The number of thiocarbonyl (C=S) groups is 1. The number of benzene rings is 4. The minimum Gasteiger partial charge on any atom is -0.496 e. The Balaban J connectivity index is 0.000000236. The Labute approximate surface area is 273 Å². The Hall–Kier alpha value is -4.87. The third-order valence-corrected chi connectivity index (χ3v) is 7.17. The first-order valence-electron chi connectivity index (χ1n) is 13.5. The highest BCUT2D eigenvalue weighted by molar-refractivity contribution is 8.13. The van der Waals surface area contributed by atoms with E-state index < -0.39 is 0 Å². The van der Waals surface area contributed by atoms with Crippen LogP contribution in [-0.2, 0) is 0 Å². The number of carbonyl (C=O) groups excluding carboxylic acids is 3. The maximum absolute atomic E-state index is 11.6. The zero-order chi connectivity index (χ0) is 33.2. The third-order valence-electron chi connectivity index (χ3n) is 5.54. The van der Waals surface area contributed by atoms with Crippen molar-refractivity contribution >= 4 is 47.0 Å². The molecule has 0 aromatic heterocycles. The smallest absolute Gasteiger partial charge is 0.286 e. The number of rotatable bonds is 8. The van der Waals surface area contributed by atoms with E-state index >= 15 is 0 Å². The lowest BCUT2D eigenvalue weighted by molar-refractivity contribution is 0.111. The number of amides is 1. The Kier molecular flexibility index (Phi) is 15.7. The standard InChI is InChI=1S/C12H10O.2C11H13NO3S/c1-3-7-11(8-4-1)13-12-9-5-2-6-10-12;1-12(2)11(14)16-10-8(7-13)5-4-6-9(10)15-3;1-12(2)11(16)15-10-8(7-13)5-4-6-9(10)14-3/h1-10H;2*4-7H,1-3H3. The molecule has 4 aromatic carbocycles. The van der Waals surface area contributed by atoms with Gasteiger partial charge >= 0.3 is 0 Å². The molecule has 1 amide bonds. The summed E-state index contributed by atoms with van der Waals surface area (Å²) >= 11 is 5.99. The van der Waals surface area contributed by atoms with Crippen LogP contribution in [0.25, 0.3) is 0 Å². The summed E-state index contributed by atoms with van der Waals surface area (Å²) in [6.07, 6.45) is 1.42. The molecule has 0 radical (unpaired) electrons. The maximum atomic E-state index is 11.6. The minimum absolute atomic E-state index is 0.146. The highest BCUT2D eigenvalue weighted by atomic mass is 32.2. The van der Waals surface area contributed by atoms with Gasteiger partial charge in [-0.3, -0.25) is 14.4 Å². The van der Waals surface area contributed by atoms with Crippen molar-refractivity contribution in [1.29, 1.82) is 0 Å². The van der Waals surface area contributed by atoms with Crippen LogP contribution in [0.2, 0.25) is 0 Å². The first-order chi connectivity index (χ1) is 21.6. The van der Waals surface area contributed by atoms with Gasteiger partial charge in [-0.25, -0.2) is 0 Å². The summed E-state index contributed by atoms with van der Waals surface area (Å²) in [6, 6.07) is 29.7. The van der Waals surface area contributed by atoms with E-state index in [-0.39, 0.29) is 10.4 Å². The van der Waals surface area contributed by atoms with Crippen molar-refractivity contribution in [2.45, 2.75) is 4.90 Å². The SMILES string of the molecule is COc1cccc(C=O)c1OC(=S)N(C)C.COc1cccc(C=O)c1SC(=O)N(C)C.c1ccc(Oc2ccccc2)cc1. The monoisotopic (exact) mass is 648 g/mol. The predicted octanol–water partition coefficient (Wildman–Crippen LogP) is 7.49. The number of hydrogen-bond acceptors (Lipinski definition) is 9. The largest absolute Gasteiger partial charge is 0.496 e. The highest BCUT2D eigenvalue weighted by Crippen LogP contribution is 2.33. The molecule has 0 bridgehead atoms. The van der Waals surface area contributed by atoms with Crippen molar-refractivity contribution in [3.63, 3.8) is 0 Å². The lowest BCUT2D eigenvalue weighted by Gasteiger charge is -2.16. The van der Waals surface area contributed by atoms with Gasteiger partial charge in [0, 0.05) is 33.8 Å². The van der Waals surface area contributed by atoms with Crippen molar-refractivity contribution in [3.8, 4) is 28.7 Å². The van der Waals surface area contributed by atoms with Gasteiger partial charge in [-0.15, -0.1) is 0 Å². The van der Waals surface area contributed by atoms with Gasteiger partial charge in [-0.05, 0) is 66.4 Å². The van der Waals surface area contributed by atoms with Gasteiger partial charge in [0.05, 0.1) is 24.7 Å². The Morgan fingerprint density at radius 2 is 1.16 bits per heavy atom. The van der Waals surface area contributed by atoms with Gasteiger partial charge in [-0.2, -0.15) is 0 Å². The quantitative estimate of drug-likeness (QED) is 0.109. The van der Waals surface area contributed by atoms with Crippen LogP contribution < -0.4 is 18.9 Å². The van der Waals surface area contributed by atoms with Gasteiger partial charge in [0.1, 0.15) is 17.2 Å². The van der Waals surface area contributed by atoms with E-state index in [1.54, 1.807) is 69.5 Å². The number of thioether (sulfide) groups is 1. The Morgan fingerprint density at radius 3 is 1.60 bits per heavy atom. The Morgan fingerprint density at radius 1 is 0.667 bits per heavy atom. The summed E-state index contributed by atoms with van der Waals surface area (Å²) in [6.45, 7) is 0. The van der Waals surface area contributed by atoms with Gasteiger partial charge in [0.25, 0.3) is 10.4 Å². The summed E-state index contributed by atoms with van der Waals surface area (Å²) in [5, 5.41) is 0.125. The molecule has 0 spiro atoms. The zero-order valence-corrected chi connectivity index (χ0v) is 27.6. The van der Waals surface area contributed by atoms with Gasteiger partial charge in [-0.1, -0.05) is 54.6 Å². The molecule has 0 N–H and O–H groups in total. The molecule has 11 heteroatoms. The molecule has 9 nitrogen and oxygen atoms in total. The normalized spacial score (nSPS) is 9.56. The molecule has 236 valence electrons. The molecular weight excluding hydrogens is 613 g/mol. The first-order valence-corrected chi connectivity index (χ1v) is 14.7. The molecule has 4 aromatic rings. The van der Waals surface area contributed by atoms with E-state index in [2.05, 4.69) is 0 Å². The van der Waals surface area contributed by atoms with E-state index in [9.17, 15) is 14.4 Å². The summed E-state index contributed by atoms with van der Waals surface area (Å²) < 4.78 is 21.2. The number of ether oxygens (including phenoxy) is 4. The average molecular weight is 649 g/mol. The van der Waals surface area contributed by atoms with Gasteiger partial charge in [0.2, 0.25) is 0 Å². The van der Waals surface area contributed by atoms with Crippen molar-refractivity contribution in [2.75, 3.05) is 42.4 Å². The zero-order valence-electron chi connectivity index (χ0n) is 26.0. The fourth-order valence-corrected chi connectivity index (χ4v) is 4.19. The van der Waals surface area contributed by atoms with Crippen molar-refractivity contribution in [2.24, 2.45) is 0 Å². The molecule has 0 aliphatic rings. The number of carbonyl (C=O) groups is 3. The molecule has 0 heterocycles. The number of hydrogen-bond donors (Lipinski definition) is 0. The van der Waals surface area contributed by atoms with E-state index in [0.29, 0.717) is 45.8 Å². The summed E-state index contributed by atoms with van der Waals surface area (Å²) in [5.74, 6) is 3.10. The molecule has 0 saturated heterocycles. The fraction of sp³-hybridized carbons (Fsp3) is 0.176. The molecule has 0 fully saturated rings. The van der Waals surface area contributed by atoms with Crippen LogP contribution in [0.4, 0.5) is 4.79 Å². The number of methoxy groups -OCH3 is 2. The summed E-state index contributed by atoms with van der Waals surface area (Å²) in [5.41, 5.74) is 0.864. The molecule has 0 saturated carbocycles. The minimum atomic E-state index is -0.146. The molecule has 0 aliphatic heterocycles. The molecule has 0 atom stereocenters.